The number of nitrogens with zero attached hydrogens (tertiary/aromatic N) is 1. The predicted molar refractivity (Wildman–Crippen MR) is 69.8 cm³/mol. The van der Waals surface area contributed by atoms with Crippen LogP contribution in [0.4, 0.5) is 0 Å². The molecule has 3 heteroatoms. The van der Waals surface area contributed by atoms with Crippen LogP contribution >= 0.6 is 0 Å². The van der Waals surface area contributed by atoms with E-state index in [9.17, 15) is 5.11 Å². The Kier molecular flexibility index (Phi) is 4.15. The van der Waals surface area contributed by atoms with Gasteiger partial charge in [0.1, 0.15) is 0 Å². The van der Waals surface area contributed by atoms with Crippen LogP contribution in [0.25, 0.3) is 0 Å². The summed E-state index contributed by atoms with van der Waals surface area (Å²) in [4.78, 5) is 2.29. The van der Waals surface area contributed by atoms with Crippen molar-refractivity contribution in [1.82, 2.24) is 10.2 Å². The first-order chi connectivity index (χ1) is 8.24. The van der Waals surface area contributed by atoms with Crippen LogP contribution in [-0.2, 0) is 6.54 Å². The number of likely N-dealkylation sites (N-methyl/N-ethyl adjacent to an activating group) is 1. The average molecular weight is 234 g/mol. The highest BCUT2D eigenvalue weighted by Crippen LogP contribution is 2.20. The molecule has 1 unspecified atom stereocenters. The third-order valence-electron chi connectivity index (χ3n) is 3.58. The Morgan fingerprint density at radius 3 is 2.76 bits per heavy atom. The van der Waals surface area contributed by atoms with Crippen molar-refractivity contribution in [3.63, 3.8) is 0 Å². The minimum absolute atomic E-state index is 0.122. The Hall–Kier alpha value is -0.900. The lowest BCUT2D eigenvalue weighted by Crippen LogP contribution is -2.58. The largest absolute Gasteiger partial charge is 0.394 e. The van der Waals surface area contributed by atoms with E-state index in [0.29, 0.717) is 0 Å². The lowest BCUT2D eigenvalue weighted by atomic mass is 9.89. The van der Waals surface area contributed by atoms with E-state index in [1.165, 1.54) is 5.56 Å². The molecule has 1 aliphatic heterocycles. The molecule has 0 aliphatic carbocycles. The van der Waals surface area contributed by atoms with Gasteiger partial charge in [-0.2, -0.15) is 0 Å². The van der Waals surface area contributed by atoms with E-state index in [1.807, 2.05) is 6.07 Å². The van der Waals surface area contributed by atoms with Gasteiger partial charge in [0, 0.05) is 13.1 Å². The highest BCUT2D eigenvalue weighted by molar-refractivity contribution is 5.15. The second-order valence-corrected chi connectivity index (χ2v) is 5.12. The van der Waals surface area contributed by atoms with Crippen molar-refractivity contribution in [3.05, 3.63) is 35.9 Å². The molecule has 2 rings (SSSR count). The molecule has 3 nitrogen and oxygen atoms in total. The van der Waals surface area contributed by atoms with Crippen molar-refractivity contribution < 1.29 is 5.11 Å². The van der Waals surface area contributed by atoms with E-state index >= 15 is 0 Å². The van der Waals surface area contributed by atoms with E-state index < -0.39 is 0 Å². The first-order valence-corrected chi connectivity index (χ1v) is 6.32. The number of nitrogens with one attached hydrogen (secondary N) is 1. The summed E-state index contributed by atoms with van der Waals surface area (Å²) in [6.07, 6.45) is 2.21. The van der Waals surface area contributed by atoms with Crippen LogP contribution in [0, 0.1) is 0 Å². The van der Waals surface area contributed by atoms with E-state index in [-0.39, 0.29) is 12.1 Å². The normalized spacial score (nSPS) is 26.0. The molecule has 0 saturated carbocycles. The maximum Gasteiger partial charge on any atom is 0.0626 e. The Balaban J connectivity index is 1.95. The highest BCUT2D eigenvalue weighted by Gasteiger charge is 2.32. The van der Waals surface area contributed by atoms with Crippen LogP contribution in [0.3, 0.4) is 0 Å². The van der Waals surface area contributed by atoms with Gasteiger partial charge in [-0.15, -0.1) is 0 Å². The van der Waals surface area contributed by atoms with Gasteiger partial charge >= 0.3 is 0 Å². The Morgan fingerprint density at radius 2 is 2.12 bits per heavy atom. The molecule has 1 aliphatic rings. The number of hydrogen-bond acceptors (Lipinski definition) is 3. The summed E-state index contributed by atoms with van der Waals surface area (Å²) in [5.74, 6) is 0. The van der Waals surface area contributed by atoms with Crippen molar-refractivity contribution in [2.75, 3.05) is 26.7 Å². The SMILES string of the molecule is CN1CCCC(CO)(NCc2ccccc2)C1. The van der Waals surface area contributed by atoms with Crippen molar-refractivity contribution in [2.24, 2.45) is 0 Å². The Bertz CT molecular complexity index is 341. The first kappa shape index (κ1) is 12.6. The molecule has 1 aromatic carbocycles. The summed E-state index contributed by atoms with van der Waals surface area (Å²) in [6, 6.07) is 10.4. The molecule has 1 heterocycles. The highest BCUT2D eigenvalue weighted by atomic mass is 16.3. The van der Waals surface area contributed by atoms with Gasteiger partial charge in [-0.3, -0.25) is 0 Å². The van der Waals surface area contributed by atoms with E-state index in [4.69, 9.17) is 0 Å². The van der Waals surface area contributed by atoms with Gasteiger partial charge in [0.15, 0.2) is 0 Å². The molecule has 0 radical (unpaired) electrons. The zero-order valence-electron chi connectivity index (χ0n) is 10.5. The van der Waals surface area contributed by atoms with Crippen molar-refractivity contribution in [2.45, 2.75) is 24.9 Å². The molecule has 1 aromatic rings. The summed E-state index contributed by atoms with van der Waals surface area (Å²) in [5, 5.41) is 13.2. The molecule has 94 valence electrons. The Morgan fingerprint density at radius 1 is 1.35 bits per heavy atom. The lowest BCUT2D eigenvalue weighted by Gasteiger charge is -2.41. The summed E-state index contributed by atoms with van der Waals surface area (Å²) in [5.41, 5.74) is 1.15. The molecule has 1 atom stereocenters. The van der Waals surface area contributed by atoms with Crippen LogP contribution < -0.4 is 5.32 Å². The summed E-state index contributed by atoms with van der Waals surface area (Å²) in [6.45, 7) is 3.10. The van der Waals surface area contributed by atoms with Crippen LogP contribution in [0.2, 0.25) is 0 Å². The lowest BCUT2D eigenvalue weighted by molar-refractivity contribution is 0.0788. The maximum absolute atomic E-state index is 9.65. The first-order valence-electron chi connectivity index (χ1n) is 6.32. The number of aliphatic hydroxyl groups is 1. The van der Waals surface area contributed by atoms with Gasteiger partial charge in [-0.1, -0.05) is 30.3 Å². The summed E-state index contributed by atoms with van der Waals surface area (Å²) in [7, 11) is 2.12. The monoisotopic (exact) mass is 234 g/mol. The van der Waals surface area contributed by atoms with Gasteiger partial charge in [-0.05, 0) is 32.0 Å². The van der Waals surface area contributed by atoms with E-state index in [0.717, 1.165) is 32.5 Å². The fourth-order valence-corrected chi connectivity index (χ4v) is 2.58. The minimum Gasteiger partial charge on any atom is -0.394 e. The van der Waals surface area contributed by atoms with E-state index in [1.54, 1.807) is 0 Å². The van der Waals surface area contributed by atoms with Crippen molar-refractivity contribution in [3.8, 4) is 0 Å². The van der Waals surface area contributed by atoms with Gasteiger partial charge < -0.3 is 15.3 Å². The zero-order valence-corrected chi connectivity index (χ0v) is 10.5. The number of piperidine rings is 1. The van der Waals surface area contributed by atoms with Gasteiger partial charge in [0.2, 0.25) is 0 Å². The van der Waals surface area contributed by atoms with Gasteiger partial charge in [0.25, 0.3) is 0 Å². The number of hydrogen-bond donors (Lipinski definition) is 2. The number of likely N-dealkylation sites (tertiary alicyclic amines) is 1. The average Bonchev–Trinajstić information content (AvgIpc) is 2.38. The van der Waals surface area contributed by atoms with Crippen molar-refractivity contribution >= 4 is 0 Å². The molecule has 1 saturated heterocycles. The minimum atomic E-state index is -0.122. The molecular weight excluding hydrogens is 212 g/mol. The quantitative estimate of drug-likeness (QED) is 0.822. The van der Waals surface area contributed by atoms with Crippen molar-refractivity contribution in [1.29, 1.82) is 0 Å². The van der Waals surface area contributed by atoms with E-state index in [2.05, 4.69) is 41.5 Å². The van der Waals surface area contributed by atoms with Crippen LogP contribution in [0.5, 0.6) is 0 Å². The maximum atomic E-state index is 9.65. The molecule has 0 bridgehead atoms. The third kappa shape index (κ3) is 3.28. The number of aliphatic hydroxyl groups excluding tert-OH is 1. The number of rotatable bonds is 4. The fourth-order valence-electron chi connectivity index (χ4n) is 2.58. The molecule has 0 amide bonds. The second-order valence-electron chi connectivity index (χ2n) is 5.12. The fraction of sp³-hybridized carbons (Fsp3) is 0.571. The van der Waals surface area contributed by atoms with Crippen LogP contribution in [0.1, 0.15) is 18.4 Å². The van der Waals surface area contributed by atoms with Gasteiger partial charge in [-0.25, -0.2) is 0 Å². The molecule has 1 fully saturated rings. The standard InChI is InChI=1S/C14H22N2O/c1-16-9-5-8-14(11-16,12-17)15-10-13-6-3-2-4-7-13/h2-4,6-7,15,17H,5,8-12H2,1H3. The summed E-state index contributed by atoms with van der Waals surface area (Å²) < 4.78 is 0. The number of benzene rings is 1. The third-order valence-corrected chi connectivity index (χ3v) is 3.58. The molecule has 0 spiro atoms. The summed E-state index contributed by atoms with van der Waals surface area (Å²) >= 11 is 0. The van der Waals surface area contributed by atoms with Crippen LogP contribution in [0.15, 0.2) is 30.3 Å². The Labute approximate surface area is 103 Å². The topological polar surface area (TPSA) is 35.5 Å². The molecule has 17 heavy (non-hydrogen) atoms. The molecular formula is C14H22N2O. The predicted octanol–water partition coefficient (Wildman–Crippen LogP) is 1.23. The molecule has 2 N–H and O–H groups in total. The smallest absolute Gasteiger partial charge is 0.0626 e. The van der Waals surface area contributed by atoms with Gasteiger partial charge in [0.05, 0.1) is 12.1 Å². The van der Waals surface area contributed by atoms with Crippen LogP contribution in [-0.4, -0.2) is 42.3 Å². The second kappa shape index (κ2) is 5.63. The molecule has 0 aromatic heterocycles. The zero-order chi connectivity index (χ0) is 12.1.